The molecule has 1 fully saturated rings. The van der Waals surface area contributed by atoms with Crippen molar-refractivity contribution >= 4 is 16.9 Å². The molecule has 124 valence electrons. The predicted octanol–water partition coefficient (Wildman–Crippen LogP) is 2.74. The molecule has 0 unspecified atom stereocenters. The summed E-state index contributed by atoms with van der Waals surface area (Å²) in [6.45, 7) is 7.78. The van der Waals surface area contributed by atoms with E-state index in [1.807, 2.05) is 48.1 Å². The molecule has 6 nitrogen and oxygen atoms in total. The summed E-state index contributed by atoms with van der Waals surface area (Å²) in [6, 6.07) is 10.1. The van der Waals surface area contributed by atoms with E-state index in [0.29, 0.717) is 0 Å². The molecule has 2 aromatic heterocycles. The number of ether oxygens (including phenoxy) is 1. The summed E-state index contributed by atoms with van der Waals surface area (Å²) in [4.78, 5) is 11.6. The topological polar surface area (TPSA) is 56.1 Å². The molecule has 0 saturated carbocycles. The van der Waals surface area contributed by atoms with Crippen molar-refractivity contribution in [2.45, 2.75) is 33.0 Å². The van der Waals surface area contributed by atoms with E-state index in [2.05, 4.69) is 28.8 Å². The van der Waals surface area contributed by atoms with Crippen LogP contribution in [0.2, 0.25) is 0 Å². The van der Waals surface area contributed by atoms with Gasteiger partial charge in [0.25, 0.3) is 0 Å². The van der Waals surface area contributed by atoms with E-state index < -0.39 is 0 Å². The van der Waals surface area contributed by atoms with Gasteiger partial charge < -0.3 is 9.64 Å². The molecule has 0 bridgehead atoms. The first-order chi connectivity index (χ1) is 11.6. The lowest BCUT2D eigenvalue weighted by Crippen LogP contribution is -2.46. The lowest BCUT2D eigenvalue weighted by molar-refractivity contribution is -0.00538. The van der Waals surface area contributed by atoms with Gasteiger partial charge in [-0.1, -0.05) is 18.2 Å². The van der Waals surface area contributed by atoms with E-state index in [9.17, 15) is 0 Å². The number of anilines is 1. The van der Waals surface area contributed by atoms with Crippen LogP contribution in [0.4, 0.5) is 5.82 Å². The zero-order valence-electron chi connectivity index (χ0n) is 14.2. The number of benzene rings is 1. The third kappa shape index (κ3) is 2.63. The number of nitrogens with zero attached hydrogens (tertiary/aromatic N) is 5. The highest BCUT2D eigenvalue weighted by atomic mass is 16.5. The van der Waals surface area contributed by atoms with E-state index >= 15 is 0 Å². The minimum atomic E-state index is 0.184. The number of aryl methyl sites for hydroxylation is 1. The molecule has 24 heavy (non-hydrogen) atoms. The summed E-state index contributed by atoms with van der Waals surface area (Å²) < 4.78 is 7.72. The van der Waals surface area contributed by atoms with Gasteiger partial charge in [0.15, 0.2) is 5.65 Å². The van der Waals surface area contributed by atoms with Gasteiger partial charge in [-0.25, -0.2) is 14.6 Å². The number of aromatic nitrogens is 4. The van der Waals surface area contributed by atoms with Gasteiger partial charge in [0, 0.05) is 13.1 Å². The van der Waals surface area contributed by atoms with Crippen LogP contribution in [0.3, 0.4) is 0 Å². The Morgan fingerprint density at radius 2 is 1.75 bits per heavy atom. The Labute approximate surface area is 141 Å². The highest BCUT2D eigenvalue weighted by molar-refractivity contribution is 5.88. The van der Waals surface area contributed by atoms with Crippen molar-refractivity contribution in [2.24, 2.45) is 0 Å². The summed E-state index contributed by atoms with van der Waals surface area (Å²) in [5.74, 6) is 1.70. The van der Waals surface area contributed by atoms with Crippen LogP contribution in [-0.4, -0.2) is 45.0 Å². The van der Waals surface area contributed by atoms with Crippen molar-refractivity contribution in [3.05, 3.63) is 42.4 Å². The lowest BCUT2D eigenvalue weighted by Gasteiger charge is -2.36. The van der Waals surface area contributed by atoms with Crippen LogP contribution in [-0.2, 0) is 4.74 Å². The fourth-order valence-corrected chi connectivity index (χ4v) is 3.35. The minimum Gasteiger partial charge on any atom is -0.372 e. The first-order valence-corrected chi connectivity index (χ1v) is 8.30. The SMILES string of the molecule is Cc1nc(N2C[C@@H](C)O[C@H](C)C2)c2cnn(-c3ccccc3)c2n1. The zero-order valence-corrected chi connectivity index (χ0v) is 14.2. The smallest absolute Gasteiger partial charge is 0.168 e. The second kappa shape index (κ2) is 5.87. The maximum Gasteiger partial charge on any atom is 0.168 e. The molecule has 0 aliphatic carbocycles. The normalized spacial score (nSPS) is 21.4. The molecule has 0 radical (unpaired) electrons. The van der Waals surface area contributed by atoms with Gasteiger partial charge in [0.05, 0.1) is 29.5 Å². The predicted molar refractivity (Wildman–Crippen MR) is 93.6 cm³/mol. The number of para-hydroxylation sites is 1. The van der Waals surface area contributed by atoms with Crippen LogP contribution >= 0.6 is 0 Å². The van der Waals surface area contributed by atoms with E-state index in [1.54, 1.807) is 0 Å². The zero-order chi connectivity index (χ0) is 16.7. The van der Waals surface area contributed by atoms with Gasteiger partial charge in [-0.15, -0.1) is 0 Å². The first-order valence-electron chi connectivity index (χ1n) is 8.30. The van der Waals surface area contributed by atoms with Gasteiger partial charge >= 0.3 is 0 Å². The van der Waals surface area contributed by atoms with Crippen molar-refractivity contribution in [1.29, 1.82) is 0 Å². The first kappa shape index (κ1) is 15.1. The number of rotatable bonds is 2. The lowest BCUT2D eigenvalue weighted by atomic mass is 10.2. The maximum absolute atomic E-state index is 5.85. The Hall–Kier alpha value is -2.47. The van der Waals surface area contributed by atoms with Gasteiger partial charge in [-0.2, -0.15) is 5.10 Å². The molecule has 1 aliphatic heterocycles. The number of hydrogen-bond acceptors (Lipinski definition) is 5. The number of fused-ring (bicyclic) bond motifs is 1. The summed E-state index contributed by atoms with van der Waals surface area (Å²) in [5.41, 5.74) is 1.84. The van der Waals surface area contributed by atoms with Gasteiger partial charge in [0.1, 0.15) is 11.6 Å². The highest BCUT2D eigenvalue weighted by Gasteiger charge is 2.26. The quantitative estimate of drug-likeness (QED) is 0.726. The maximum atomic E-state index is 5.85. The highest BCUT2D eigenvalue weighted by Crippen LogP contribution is 2.27. The van der Waals surface area contributed by atoms with E-state index in [1.165, 1.54) is 0 Å². The third-order valence-electron chi connectivity index (χ3n) is 4.24. The molecule has 3 aromatic rings. The molecule has 0 spiro atoms. The molecule has 2 atom stereocenters. The Morgan fingerprint density at radius 3 is 2.46 bits per heavy atom. The summed E-state index contributed by atoms with van der Waals surface area (Å²) in [6.07, 6.45) is 2.23. The molecular formula is C18H21N5O. The fourth-order valence-electron chi connectivity index (χ4n) is 3.35. The largest absolute Gasteiger partial charge is 0.372 e. The second-order valence-corrected chi connectivity index (χ2v) is 6.39. The van der Waals surface area contributed by atoms with Crippen LogP contribution < -0.4 is 4.90 Å². The average molecular weight is 323 g/mol. The van der Waals surface area contributed by atoms with Gasteiger partial charge in [0.2, 0.25) is 0 Å². The van der Waals surface area contributed by atoms with Crippen LogP contribution in [0.15, 0.2) is 36.5 Å². The third-order valence-corrected chi connectivity index (χ3v) is 4.24. The van der Waals surface area contributed by atoms with Crippen LogP contribution in [0.5, 0.6) is 0 Å². The molecule has 1 aliphatic rings. The standard InChI is InChI=1S/C18H21N5O/c1-12-10-22(11-13(2)24-12)17-16-9-19-23(15-7-5-4-6-8-15)18(16)21-14(3)20-17/h4-9,12-13H,10-11H2,1-3H3/t12-,13-/m1/s1. The van der Waals surface area contributed by atoms with Crippen LogP contribution in [0.25, 0.3) is 16.7 Å². The molecular weight excluding hydrogens is 302 g/mol. The van der Waals surface area contributed by atoms with Gasteiger partial charge in [-0.3, -0.25) is 0 Å². The Kier molecular flexibility index (Phi) is 3.69. The summed E-state index contributed by atoms with van der Waals surface area (Å²) >= 11 is 0. The van der Waals surface area contributed by atoms with E-state index in [0.717, 1.165) is 41.5 Å². The van der Waals surface area contributed by atoms with Crippen molar-refractivity contribution in [2.75, 3.05) is 18.0 Å². The fraction of sp³-hybridized carbons (Fsp3) is 0.389. The molecule has 1 aromatic carbocycles. The van der Waals surface area contributed by atoms with Crippen molar-refractivity contribution in [1.82, 2.24) is 19.7 Å². The Morgan fingerprint density at radius 1 is 1.04 bits per heavy atom. The Bertz CT molecular complexity index is 850. The van der Waals surface area contributed by atoms with E-state index in [-0.39, 0.29) is 12.2 Å². The average Bonchev–Trinajstić information content (AvgIpc) is 2.97. The molecule has 1 saturated heterocycles. The van der Waals surface area contributed by atoms with Crippen LogP contribution in [0, 0.1) is 6.92 Å². The molecule has 6 heteroatoms. The number of hydrogen-bond donors (Lipinski definition) is 0. The summed E-state index contributed by atoms with van der Waals surface area (Å²) in [7, 11) is 0. The van der Waals surface area contributed by atoms with Crippen molar-refractivity contribution < 1.29 is 4.74 Å². The molecule has 0 N–H and O–H groups in total. The molecule has 4 rings (SSSR count). The summed E-state index contributed by atoms with van der Waals surface area (Å²) in [5, 5.41) is 5.53. The molecule has 3 heterocycles. The minimum absolute atomic E-state index is 0.184. The van der Waals surface area contributed by atoms with Crippen LogP contribution in [0.1, 0.15) is 19.7 Å². The molecule has 0 amide bonds. The number of morpholine rings is 1. The van der Waals surface area contributed by atoms with Gasteiger partial charge in [-0.05, 0) is 32.9 Å². The monoisotopic (exact) mass is 323 g/mol. The van der Waals surface area contributed by atoms with Crippen molar-refractivity contribution in [3.63, 3.8) is 0 Å². The van der Waals surface area contributed by atoms with E-state index in [4.69, 9.17) is 9.72 Å². The Balaban J connectivity index is 1.84. The van der Waals surface area contributed by atoms with Crippen molar-refractivity contribution in [3.8, 4) is 5.69 Å². The second-order valence-electron chi connectivity index (χ2n) is 6.39.